The van der Waals surface area contributed by atoms with E-state index in [1.54, 1.807) is 0 Å². The van der Waals surface area contributed by atoms with Gasteiger partial charge in [0.05, 0.1) is 18.3 Å². The number of hydrogen-bond donors (Lipinski definition) is 3. The predicted octanol–water partition coefficient (Wildman–Crippen LogP) is 2.86. The van der Waals surface area contributed by atoms with Gasteiger partial charge in [-0.3, -0.25) is 0 Å². The number of aliphatic hydroxyl groups excluding tert-OH is 1. The molecule has 2 amide bonds. The van der Waals surface area contributed by atoms with E-state index in [0.29, 0.717) is 12.5 Å². The van der Waals surface area contributed by atoms with Crippen molar-refractivity contribution in [1.29, 1.82) is 0 Å². The number of urea groups is 1. The van der Waals surface area contributed by atoms with E-state index in [9.17, 15) is 23.1 Å². The Hall–Kier alpha value is -1.80. The Morgan fingerprint density at radius 1 is 1.22 bits per heavy atom. The monoisotopic (exact) mass is 334 g/mol. The highest BCUT2D eigenvalue weighted by Gasteiger charge is 2.29. The van der Waals surface area contributed by atoms with E-state index in [2.05, 4.69) is 10.6 Å². The molecule has 8 heteroatoms. The molecule has 3 N–H and O–H groups in total. The summed E-state index contributed by atoms with van der Waals surface area (Å²) >= 11 is 0. The zero-order valence-corrected chi connectivity index (χ0v) is 13.0. The quantitative estimate of drug-likeness (QED) is 0.718. The number of halogens is 3. The Morgan fingerprint density at radius 3 is 2.35 bits per heavy atom. The molecule has 0 aliphatic rings. The van der Waals surface area contributed by atoms with Gasteiger partial charge < -0.3 is 20.5 Å². The molecule has 0 saturated carbocycles. The lowest BCUT2D eigenvalue weighted by Crippen LogP contribution is -2.37. The van der Waals surface area contributed by atoms with Crippen LogP contribution in [0.15, 0.2) is 24.3 Å². The summed E-state index contributed by atoms with van der Waals surface area (Å²) in [4.78, 5) is 11.6. The molecular formula is C15H21F3N2O3. The number of carbonyl (C=O) groups excluding carboxylic acids is 1. The normalized spacial score (nSPS) is 13.0. The number of ether oxygens (including phenoxy) is 1. The number of amides is 2. The van der Waals surface area contributed by atoms with Crippen molar-refractivity contribution in [2.75, 3.05) is 25.1 Å². The van der Waals surface area contributed by atoms with Gasteiger partial charge >= 0.3 is 12.2 Å². The van der Waals surface area contributed by atoms with Crippen LogP contribution >= 0.6 is 0 Å². The van der Waals surface area contributed by atoms with Gasteiger partial charge in [-0.1, -0.05) is 13.8 Å². The molecule has 0 aliphatic heterocycles. The smallest absolute Gasteiger partial charge is 0.389 e. The molecular weight excluding hydrogens is 313 g/mol. The van der Waals surface area contributed by atoms with Crippen LogP contribution in [0, 0.1) is 5.92 Å². The molecule has 0 bridgehead atoms. The van der Waals surface area contributed by atoms with Crippen LogP contribution in [0.5, 0.6) is 0 Å². The highest BCUT2D eigenvalue weighted by Crippen LogP contribution is 2.29. The number of nitrogens with one attached hydrogen (secondary N) is 2. The van der Waals surface area contributed by atoms with Gasteiger partial charge in [0, 0.05) is 18.8 Å². The molecule has 1 unspecified atom stereocenters. The summed E-state index contributed by atoms with van der Waals surface area (Å²) in [5.41, 5.74) is -0.567. The van der Waals surface area contributed by atoms with Gasteiger partial charge in [-0.2, -0.15) is 13.2 Å². The van der Waals surface area contributed by atoms with E-state index < -0.39 is 23.9 Å². The first kappa shape index (κ1) is 19.2. The molecule has 0 spiro atoms. The molecule has 1 rings (SSSR count). The second-order valence-electron chi connectivity index (χ2n) is 5.50. The number of anilines is 1. The molecule has 23 heavy (non-hydrogen) atoms. The summed E-state index contributed by atoms with van der Waals surface area (Å²) in [5.74, 6) is 0.345. The van der Waals surface area contributed by atoms with Crippen molar-refractivity contribution in [3.8, 4) is 0 Å². The third kappa shape index (κ3) is 7.85. The highest BCUT2D eigenvalue weighted by molar-refractivity contribution is 5.89. The van der Waals surface area contributed by atoms with E-state index >= 15 is 0 Å². The Kier molecular flexibility index (Phi) is 7.31. The van der Waals surface area contributed by atoms with Crippen molar-refractivity contribution < 1.29 is 27.8 Å². The first-order valence-electron chi connectivity index (χ1n) is 7.16. The molecule has 0 radical (unpaired) electrons. The van der Waals surface area contributed by atoms with E-state index in [4.69, 9.17) is 4.74 Å². The Morgan fingerprint density at radius 2 is 1.83 bits per heavy atom. The predicted molar refractivity (Wildman–Crippen MR) is 80.1 cm³/mol. The van der Waals surface area contributed by atoms with E-state index in [-0.39, 0.29) is 18.8 Å². The lowest BCUT2D eigenvalue weighted by molar-refractivity contribution is -0.137. The SMILES string of the molecule is CC(C)COCC(O)CNC(=O)Nc1ccc(C(F)(F)F)cc1. The maximum atomic E-state index is 12.4. The van der Waals surface area contributed by atoms with Crippen LogP contribution in [-0.4, -0.2) is 37.0 Å². The average molecular weight is 334 g/mol. The molecule has 1 aromatic rings. The van der Waals surface area contributed by atoms with E-state index in [1.165, 1.54) is 0 Å². The van der Waals surface area contributed by atoms with Crippen LogP contribution in [0.4, 0.5) is 23.7 Å². The summed E-state index contributed by atoms with van der Waals surface area (Å²) in [5, 5.41) is 14.4. The lowest BCUT2D eigenvalue weighted by atomic mass is 10.2. The molecule has 1 atom stereocenters. The third-order valence-electron chi connectivity index (χ3n) is 2.73. The first-order valence-corrected chi connectivity index (χ1v) is 7.16. The standard InChI is InChI=1S/C15H21F3N2O3/c1-10(2)8-23-9-13(21)7-19-14(22)20-12-5-3-11(4-6-12)15(16,17)18/h3-6,10,13,21H,7-9H2,1-2H3,(H2,19,20,22). The summed E-state index contributed by atoms with van der Waals surface area (Å²) < 4.78 is 42.4. The number of benzene rings is 1. The molecule has 0 aromatic heterocycles. The fourth-order valence-electron chi connectivity index (χ4n) is 1.63. The second kappa shape index (κ2) is 8.73. The van der Waals surface area contributed by atoms with Crippen LogP contribution in [0.2, 0.25) is 0 Å². The summed E-state index contributed by atoms with van der Waals surface area (Å²) in [6.07, 6.45) is -5.27. The van der Waals surface area contributed by atoms with Crippen LogP contribution in [0.3, 0.4) is 0 Å². The molecule has 0 saturated heterocycles. The van der Waals surface area contributed by atoms with Crippen molar-refractivity contribution in [2.45, 2.75) is 26.1 Å². The minimum absolute atomic E-state index is 0.0233. The molecule has 0 fully saturated rings. The zero-order chi connectivity index (χ0) is 17.5. The van der Waals surface area contributed by atoms with Crippen LogP contribution in [0.1, 0.15) is 19.4 Å². The van der Waals surface area contributed by atoms with Gasteiger partial charge in [-0.25, -0.2) is 4.79 Å². The molecule has 0 heterocycles. The summed E-state index contributed by atoms with van der Waals surface area (Å²) in [6.45, 7) is 4.53. The molecule has 1 aromatic carbocycles. The number of hydrogen-bond acceptors (Lipinski definition) is 3. The van der Waals surface area contributed by atoms with Crippen molar-refractivity contribution in [3.63, 3.8) is 0 Å². The van der Waals surface area contributed by atoms with Crippen LogP contribution < -0.4 is 10.6 Å². The lowest BCUT2D eigenvalue weighted by Gasteiger charge is -2.14. The van der Waals surface area contributed by atoms with Crippen molar-refractivity contribution >= 4 is 11.7 Å². The maximum absolute atomic E-state index is 12.4. The van der Waals surface area contributed by atoms with Gasteiger partial charge in [-0.05, 0) is 30.2 Å². The molecule has 130 valence electrons. The maximum Gasteiger partial charge on any atom is 0.416 e. The number of carbonyl (C=O) groups is 1. The summed E-state index contributed by atoms with van der Waals surface area (Å²) in [7, 11) is 0. The largest absolute Gasteiger partial charge is 0.416 e. The van der Waals surface area contributed by atoms with Gasteiger partial charge in [0.2, 0.25) is 0 Å². The Bertz CT molecular complexity index is 490. The zero-order valence-electron chi connectivity index (χ0n) is 13.0. The van der Waals surface area contributed by atoms with Crippen molar-refractivity contribution in [2.24, 2.45) is 5.92 Å². The van der Waals surface area contributed by atoms with Gasteiger partial charge in [0.15, 0.2) is 0 Å². The van der Waals surface area contributed by atoms with Crippen molar-refractivity contribution in [1.82, 2.24) is 5.32 Å². The van der Waals surface area contributed by atoms with Gasteiger partial charge in [0.1, 0.15) is 0 Å². The molecule has 5 nitrogen and oxygen atoms in total. The third-order valence-corrected chi connectivity index (χ3v) is 2.73. The fourth-order valence-corrected chi connectivity index (χ4v) is 1.63. The topological polar surface area (TPSA) is 70.6 Å². The van der Waals surface area contributed by atoms with Crippen LogP contribution in [-0.2, 0) is 10.9 Å². The number of alkyl halides is 3. The minimum Gasteiger partial charge on any atom is -0.389 e. The molecule has 0 aliphatic carbocycles. The summed E-state index contributed by atoms with van der Waals surface area (Å²) in [6, 6.07) is 3.46. The minimum atomic E-state index is -4.42. The average Bonchev–Trinajstić information content (AvgIpc) is 2.44. The van der Waals surface area contributed by atoms with E-state index in [0.717, 1.165) is 24.3 Å². The van der Waals surface area contributed by atoms with Gasteiger partial charge in [-0.15, -0.1) is 0 Å². The highest BCUT2D eigenvalue weighted by atomic mass is 19.4. The Labute approximate surface area is 132 Å². The van der Waals surface area contributed by atoms with Gasteiger partial charge in [0.25, 0.3) is 0 Å². The Balaban J connectivity index is 2.33. The fraction of sp³-hybridized carbons (Fsp3) is 0.533. The van der Waals surface area contributed by atoms with Crippen molar-refractivity contribution in [3.05, 3.63) is 29.8 Å². The van der Waals surface area contributed by atoms with E-state index in [1.807, 2.05) is 13.8 Å². The van der Waals surface area contributed by atoms with Crippen LogP contribution in [0.25, 0.3) is 0 Å². The second-order valence-corrected chi connectivity index (χ2v) is 5.50. The number of aliphatic hydroxyl groups is 1. The first-order chi connectivity index (χ1) is 10.7. The number of rotatable bonds is 7.